The monoisotopic (exact) mass is 212 g/mol. The Kier molecular flexibility index (Phi) is 3.60. The van der Waals surface area contributed by atoms with Crippen LogP contribution in [0, 0.1) is 0 Å². The fraction of sp³-hybridized carbons (Fsp3) is 0.200. The van der Waals surface area contributed by atoms with Crippen molar-refractivity contribution in [2.45, 2.75) is 19.3 Å². The molecular weight excluding hydrogens is 196 g/mol. The Morgan fingerprint density at radius 2 is 1.69 bits per heavy atom. The maximum atomic E-state index is 9.80. The Morgan fingerprint density at radius 1 is 1.00 bits per heavy atom. The summed E-state index contributed by atoms with van der Waals surface area (Å²) in [6.07, 6.45) is 10.5. The molecule has 0 aliphatic heterocycles. The first-order valence-corrected chi connectivity index (χ1v) is 5.67. The Hall–Kier alpha value is -1.76. The van der Waals surface area contributed by atoms with E-state index in [-0.39, 0.29) is 0 Å². The third-order valence-electron chi connectivity index (χ3n) is 2.72. The summed E-state index contributed by atoms with van der Waals surface area (Å²) in [5.41, 5.74) is 2.28. The highest BCUT2D eigenvalue weighted by atomic mass is 16.3. The summed E-state index contributed by atoms with van der Waals surface area (Å²) in [4.78, 5) is 0. The van der Waals surface area contributed by atoms with Crippen LogP contribution < -0.4 is 0 Å². The second-order valence-electron chi connectivity index (χ2n) is 3.96. The van der Waals surface area contributed by atoms with Crippen molar-refractivity contribution in [2.75, 3.05) is 0 Å². The maximum Gasteiger partial charge on any atom is 0.0994 e. The molecule has 0 spiro atoms. The van der Waals surface area contributed by atoms with Gasteiger partial charge in [0.1, 0.15) is 0 Å². The SMILES string of the molecule is OC(CCCc1ccccc1)=C1C=CC=C1. The van der Waals surface area contributed by atoms with E-state index in [1.807, 2.05) is 30.4 Å². The highest BCUT2D eigenvalue weighted by Gasteiger charge is 2.02. The number of hydrogen-bond donors (Lipinski definition) is 1. The van der Waals surface area contributed by atoms with E-state index in [9.17, 15) is 5.11 Å². The lowest BCUT2D eigenvalue weighted by atomic mass is 10.1. The number of aliphatic hydroxyl groups is 1. The zero-order valence-corrected chi connectivity index (χ0v) is 9.26. The van der Waals surface area contributed by atoms with Gasteiger partial charge in [0.05, 0.1) is 5.76 Å². The van der Waals surface area contributed by atoms with E-state index in [1.54, 1.807) is 0 Å². The molecule has 1 aromatic rings. The minimum absolute atomic E-state index is 0.501. The van der Waals surface area contributed by atoms with E-state index in [0.29, 0.717) is 5.76 Å². The van der Waals surface area contributed by atoms with Crippen molar-refractivity contribution in [3.05, 3.63) is 71.5 Å². The van der Waals surface area contributed by atoms with Crippen LogP contribution in [0.5, 0.6) is 0 Å². The highest BCUT2D eigenvalue weighted by molar-refractivity contribution is 5.41. The molecule has 0 saturated carbocycles. The number of allylic oxidation sites excluding steroid dienone is 6. The van der Waals surface area contributed by atoms with Gasteiger partial charge in [0.15, 0.2) is 0 Å². The van der Waals surface area contributed by atoms with Crippen LogP contribution in [0.2, 0.25) is 0 Å². The fourth-order valence-corrected chi connectivity index (χ4v) is 1.82. The molecule has 1 N–H and O–H groups in total. The first kappa shape index (κ1) is 10.7. The fourth-order valence-electron chi connectivity index (χ4n) is 1.82. The molecule has 0 amide bonds. The molecule has 0 bridgehead atoms. The normalized spacial score (nSPS) is 13.4. The van der Waals surface area contributed by atoms with Gasteiger partial charge in [-0.2, -0.15) is 0 Å². The number of rotatable bonds is 4. The minimum Gasteiger partial charge on any atom is -0.512 e. The Balaban J connectivity index is 1.83. The maximum absolute atomic E-state index is 9.80. The molecule has 82 valence electrons. The van der Waals surface area contributed by atoms with Gasteiger partial charge >= 0.3 is 0 Å². The minimum atomic E-state index is 0.501. The molecule has 2 rings (SSSR count). The predicted molar refractivity (Wildman–Crippen MR) is 67.3 cm³/mol. The van der Waals surface area contributed by atoms with Gasteiger partial charge in [0, 0.05) is 12.0 Å². The van der Waals surface area contributed by atoms with E-state index in [1.165, 1.54) is 5.56 Å². The van der Waals surface area contributed by atoms with Gasteiger partial charge in [0.2, 0.25) is 0 Å². The van der Waals surface area contributed by atoms with Gasteiger partial charge in [-0.1, -0.05) is 54.6 Å². The van der Waals surface area contributed by atoms with Crippen LogP contribution in [0.15, 0.2) is 66.0 Å². The number of hydrogen-bond acceptors (Lipinski definition) is 1. The van der Waals surface area contributed by atoms with Crippen molar-refractivity contribution in [1.29, 1.82) is 0 Å². The Labute approximate surface area is 96.4 Å². The molecule has 1 aliphatic carbocycles. The molecule has 0 atom stereocenters. The molecular formula is C15H16O. The van der Waals surface area contributed by atoms with Crippen molar-refractivity contribution in [3.63, 3.8) is 0 Å². The van der Waals surface area contributed by atoms with E-state index < -0.39 is 0 Å². The zero-order valence-electron chi connectivity index (χ0n) is 9.26. The summed E-state index contributed by atoms with van der Waals surface area (Å²) >= 11 is 0. The van der Waals surface area contributed by atoms with Gasteiger partial charge in [0.25, 0.3) is 0 Å². The van der Waals surface area contributed by atoms with E-state index in [4.69, 9.17) is 0 Å². The summed E-state index contributed by atoms with van der Waals surface area (Å²) in [6.45, 7) is 0. The molecule has 0 saturated heterocycles. The molecule has 0 aromatic heterocycles. The van der Waals surface area contributed by atoms with Crippen LogP contribution in [0.25, 0.3) is 0 Å². The predicted octanol–water partition coefficient (Wildman–Crippen LogP) is 3.95. The van der Waals surface area contributed by atoms with Crippen LogP contribution in [-0.4, -0.2) is 5.11 Å². The topological polar surface area (TPSA) is 20.2 Å². The standard InChI is InChI=1S/C15H16O/c16-15(14-10-4-5-11-14)12-6-9-13-7-2-1-3-8-13/h1-5,7-8,10-11,16H,6,9,12H2. The summed E-state index contributed by atoms with van der Waals surface area (Å²) in [7, 11) is 0. The van der Waals surface area contributed by atoms with Crippen LogP contribution in [0.3, 0.4) is 0 Å². The summed E-state index contributed by atoms with van der Waals surface area (Å²) in [5, 5.41) is 9.80. The van der Waals surface area contributed by atoms with Gasteiger partial charge in [-0.15, -0.1) is 0 Å². The quantitative estimate of drug-likeness (QED) is 0.749. The van der Waals surface area contributed by atoms with Crippen molar-refractivity contribution >= 4 is 0 Å². The molecule has 1 heteroatoms. The summed E-state index contributed by atoms with van der Waals surface area (Å²) < 4.78 is 0. The van der Waals surface area contributed by atoms with Gasteiger partial charge < -0.3 is 5.11 Å². The Bertz CT molecular complexity index is 410. The number of benzene rings is 1. The number of aryl methyl sites for hydroxylation is 1. The largest absolute Gasteiger partial charge is 0.512 e. The molecule has 0 unspecified atom stereocenters. The third-order valence-corrected chi connectivity index (χ3v) is 2.72. The van der Waals surface area contributed by atoms with E-state index in [0.717, 1.165) is 24.8 Å². The molecule has 0 radical (unpaired) electrons. The van der Waals surface area contributed by atoms with Crippen LogP contribution >= 0.6 is 0 Å². The lowest BCUT2D eigenvalue weighted by Crippen LogP contribution is -1.89. The second-order valence-corrected chi connectivity index (χ2v) is 3.96. The van der Waals surface area contributed by atoms with Crippen LogP contribution in [0.4, 0.5) is 0 Å². The lowest BCUT2D eigenvalue weighted by molar-refractivity contribution is 0.380. The van der Waals surface area contributed by atoms with Gasteiger partial charge in [-0.3, -0.25) is 0 Å². The lowest BCUT2D eigenvalue weighted by Gasteiger charge is -2.03. The molecule has 1 nitrogen and oxygen atoms in total. The van der Waals surface area contributed by atoms with Crippen molar-refractivity contribution in [3.8, 4) is 0 Å². The van der Waals surface area contributed by atoms with Crippen LogP contribution in [0.1, 0.15) is 18.4 Å². The van der Waals surface area contributed by atoms with Crippen molar-refractivity contribution in [2.24, 2.45) is 0 Å². The Morgan fingerprint density at radius 3 is 2.38 bits per heavy atom. The first-order valence-electron chi connectivity index (χ1n) is 5.67. The van der Waals surface area contributed by atoms with Crippen molar-refractivity contribution in [1.82, 2.24) is 0 Å². The molecule has 1 aliphatic rings. The van der Waals surface area contributed by atoms with Gasteiger partial charge in [-0.05, 0) is 18.4 Å². The zero-order chi connectivity index (χ0) is 11.2. The first-order chi connectivity index (χ1) is 7.86. The van der Waals surface area contributed by atoms with E-state index >= 15 is 0 Å². The highest BCUT2D eigenvalue weighted by Crippen LogP contribution is 2.16. The molecule has 0 heterocycles. The van der Waals surface area contributed by atoms with Crippen molar-refractivity contribution < 1.29 is 5.11 Å². The molecule has 1 aromatic carbocycles. The number of aliphatic hydroxyl groups excluding tert-OH is 1. The molecule has 0 fully saturated rings. The summed E-state index contributed by atoms with van der Waals surface area (Å²) in [5.74, 6) is 0.501. The summed E-state index contributed by atoms with van der Waals surface area (Å²) in [6, 6.07) is 10.4. The molecule has 16 heavy (non-hydrogen) atoms. The smallest absolute Gasteiger partial charge is 0.0994 e. The average Bonchev–Trinajstić information content (AvgIpc) is 2.84. The third kappa shape index (κ3) is 2.86. The average molecular weight is 212 g/mol. The van der Waals surface area contributed by atoms with Gasteiger partial charge in [-0.25, -0.2) is 0 Å². The second kappa shape index (κ2) is 5.36. The van der Waals surface area contributed by atoms with Crippen LogP contribution in [-0.2, 0) is 6.42 Å². The van der Waals surface area contributed by atoms with E-state index in [2.05, 4.69) is 24.3 Å².